The van der Waals surface area contributed by atoms with Gasteiger partial charge in [0.1, 0.15) is 11.6 Å². The number of ketones is 1. The van der Waals surface area contributed by atoms with E-state index in [1.807, 2.05) is 24.3 Å². The highest BCUT2D eigenvalue weighted by Crippen LogP contribution is 2.28. The van der Waals surface area contributed by atoms with Crippen molar-refractivity contribution in [3.63, 3.8) is 0 Å². The maximum atomic E-state index is 12.1. The number of nitrogens with zero attached hydrogens (tertiary/aromatic N) is 2. The predicted molar refractivity (Wildman–Crippen MR) is 113 cm³/mol. The summed E-state index contributed by atoms with van der Waals surface area (Å²) in [5.41, 5.74) is 2.33. The van der Waals surface area contributed by atoms with Crippen LogP contribution in [0.3, 0.4) is 0 Å². The van der Waals surface area contributed by atoms with Crippen LogP contribution < -0.4 is 5.32 Å². The summed E-state index contributed by atoms with van der Waals surface area (Å²) < 4.78 is 5.41. The summed E-state index contributed by atoms with van der Waals surface area (Å²) in [4.78, 5) is 21.1. The van der Waals surface area contributed by atoms with Gasteiger partial charge in [0.25, 0.3) is 0 Å². The Morgan fingerprint density at radius 2 is 2.14 bits per heavy atom. The molecule has 0 amide bonds. The van der Waals surface area contributed by atoms with Crippen LogP contribution in [0.2, 0.25) is 5.02 Å². The van der Waals surface area contributed by atoms with Crippen molar-refractivity contribution in [1.29, 1.82) is 0 Å². The van der Waals surface area contributed by atoms with Crippen molar-refractivity contribution in [1.82, 2.24) is 9.97 Å². The van der Waals surface area contributed by atoms with E-state index in [1.165, 1.54) is 0 Å². The number of halogens is 1. The second-order valence-electron chi connectivity index (χ2n) is 7.32. The molecule has 0 aromatic carbocycles. The number of anilines is 1. The summed E-state index contributed by atoms with van der Waals surface area (Å²) in [6.07, 6.45) is 6.65. The van der Waals surface area contributed by atoms with Crippen LogP contribution in [0.25, 0.3) is 11.3 Å². The van der Waals surface area contributed by atoms with E-state index in [4.69, 9.17) is 21.3 Å². The van der Waals surface area contributed by atoms with E-state index in [-0.39, 0.29) is 5.78 Å². The standard InChI is InChI=1S/C22H28ClN3O2/c1-2-3-5-18(27)12-17-13-19(20(23)15-24-17)21-6-4-7-22(26-21)25-14-16-8-10-28-11-9-16/h4,6-7,13,15-16H,2-3,5,8-12,14H2,1H3,(H,25,26). The molecule has 0 unspecified atom stereocenters. The molecule has 1 N–H and O–H groups in total. The zero-order chi connectivity index (χ0) is 19.8. The van der Waals surface area contributed by atoms with E-state index < -0.39 is 0 Å². The maximum absolute atomic E-state index is 12.1. The Morgan fingerprint density at radius 1 is 1.32 bits per heavy atom. The molecular formula is C22H28ClN3O2. The maximum Gasteiger partial charge on any atom is 0.138 e. The first-order chi connectivity index (χ1) is 13.7. The Morgan fingerprint density at radius 3 is 2.93 bits per heavy atom. The summed E-state index contributed by atoms with van der Waals surface area (Å²) in [7, 11) is 0. The molecule has 150 valence electrons. The van der Waals surface area contributed by atoms with Crippen LogP contribution in [0.15, 0.2) is 30.5 Å². The van der Waals surface area contributed by atoms with E-state index >= 15 is 0 Å². The second-order valence-corrected chi connectivity index (χ2v) is 7.73. The average Bonchev–Trinajstić information content (AvgIpc) is 2.73. The van der Waals surface area contributed by atoms with Crippen molar-refractivity contribution in [3.8, 4) is 11.3 Å². The molecule has 0 aliphatic carbocycles. The van der Waals surface area contributed by atoms with Gasteiger partial charge in [-0.2, -0.15) is 0 Å². The molecule has 1 fully saturated rings. The Balaban J connectivity index is 1.69. The summed E-state index contributed by atoms with van der Waals surface area (Å²) in [5, 5.41) is 3.98. The molecule has 1 aliphatic rings. The largest absolute Gasteiger partial charge is 0.381 e. The van der Waals surface area contributed by atoms with Crippen LogP contribution in [0.1, 0.15) is 44.7 Å². The van der Waals surface area contributed by atoms with Crippen molar-refractivity contribution in [2.45, 2.75) is 45.4 Å². The molecule has 1 saturated heterocycles. The number of hydrogen-bond donors (Lipinski definition) is 1. The quantitative estimate of drug-likeness (QED) is 0.644. The molecule has 3 heterocycles. The lowest BCUT2D eigenvalue weighted by molar-refractivity contribution is -0.118. The van der Waals surface area contributed by atoms with Crippen molar-refractivity contribution in [2.24, 2.45) is 5.92 Å². The molecule has 0 radical (unpaired) electrons. The average molecular weight is 402 g/mol. The van der Waals surface area contributed by atoms with Gasteiger partial charge in [-0.25, -0.2) is 4.98 Å². The first kappa shape index (κ1) is 20.7. The van der Waals surface area contributed by atoms with Crippen molar-refractivity contribution in [2.75, 3.05) is 25.1 Å². The molecule has 5 nitrogen and oxygen atoms in total. The topological polar surface area (TPSA) is 64.1 Å². The fourth-order valence-corrected chi connectivity index (χ4v) is 3.52. The number of unbranched alkanes of at least 4 members (excludes halogenated alkanes) is 1. The molecule has 0 bridgehead atoms. The van der Waals surface area contributed by atoms with E-state index in [0.29, 0.717) is 23.8 Å². The van der Waals surface area contributed by atoms with Crippen LogP contribution in [0.5, 0.6) is 0 Å². The number of pyridine rings is 2. The minimum Gasteiger partial charge on any atom is -0.381 e. The lowest BCUT2D eigenvalue weighted by atomic mass is 10.0. The third-order valence-electron chi connectivity index (χ3n) is 5.04. The number of rotatable bonds is 9. The zero-order valence-electron chi connectivity index (χ0n) is 16.4. The summed E-state index contributed by atoms with van der Waals surface area (Å²) in [5.74, 6) is 1.66. The molecule has 0 saturated carbocycles. The number of nitrogens with one attached hydrogen (secondary N) is 1. The number of hydrogen-bond acceptors (Lipinski definition) is 5. The highest BCUT2D eigenvalue weighted by molar-refractivity contribution is 6.33. The van der Waals surface area contributed by atoms with E-state index in [9.17, 15) is 4.79 Å². The van der Waals surface area contributed by atoms with Gasteiger partial charge in [0.05, 0.1) is 10.7 Å². The Bertz CT molecular complexity index is 791. The van der Waals surface area contributed by atoms with Gasteiger partial charge in [-0.3, -0.25) is 9.78 Å². The molecule has 3 rings (SSSR count). The third kappa shape index (κ3) is 6.01. The number of carbonyl (C=O) groups excluding carboxylic acids is 1. The lowest BCUT2D eigenvalue weighted by Gasteiger charge is -2.22. The summed E-state index contributed by atoms with van der Waals surface area (Å²) in [6.45, 7) is 4.65. The molecule has 28 heavy (non-hydrogen) atoms. The normalized spacial score (nSPS) is 14.8. The third-order valence-corrected chi connectivity index (χ3v) is 5.34. The van der Waals surface area contributed by atoms with Crippen molar-refractivity contribution in [3.05, 3.63) is 41.2 Å². The van der Waals surface area contributed by atoms with Gasteiger partial charge in [-0.1, -0.05) is 31.0 Å². The number of ether oxygens (including phenoxy) is 1. The predicted octanol–water partition coefficient (Wildman–Crippen LogP) is 4.94. The van der Waals surface area contributed by atoms with Gasteiger partial charge in [0.2, 0.25) is 0 Å². The van der Waals surface area contributed by atoms with Crippen LogP contribution in [0.4, 0.5) is 5.82 Å². The van der Waals surface area contributed by atoms with Crippen LogP contribution >= 0.6 is 11.6 Å². The molecule has 0 atom stereocenters. The molecule has 2 aromatic rings. The molecule has 6 heteroatoms. The molecule has 2 aromatic heterocycles. The van der Waals surface area contributed by atoms with E-state index in [0.717, 1.165) is 68.2 Å². The number of Topliss-reactive ketones (excluding diaryl/α,β-unsaturated/α-hetero) is 1. The van der Waals surface area contributed by atoms with Gasteiger partial charge in [0.15, 0.2) is 0 Å². The Kier molecular flexibility index (Phi) is 7.80. The number of carbonyl (C=O) groups is 1. The molecular weight excluding hydrogens is 374 g/mol. The van der Waals surface area contributed by atoms with Gasteiger partial charge in [-0.05, 0) is 43.4 Å². The monoisotopic (exact) mass is 401 g/mol. The van der Waals surface area contributed by atoms with Gasteiger partial charge in [-0.15, -0.1) is 0 Å². The van der Waals surface area contributed by atoms with Gasteiger partial charge in [0, 0.05) is 50.1 Å². The summed E-state index contributed by atoms with van der Waals surface area (Å²) in [6, 6.07) is 7.75. The fourth-order valence-electron chi connectivity index (χ4n) is 3.32. The minimum absolute atomic E-state index is 0.211. The minimum atomic E-state index is 0.211. The van der Waals surface area contributed by atoms with Crippen LogP contribution in [-0.4, -0.2) is 35.5 Å². The van der Waals surface area contributed by atoms with E-state index in [2.05, 4.69) is 17.2 Å². The Hall–Kier alpha value is -1.98. The zero-order valence-corrected chi connectivity index (χ0v) is 17.2. The Labute approximate surface area is 171 Å². The van der Waals surface area contributed by atoms with Crippen molar-refractivity contribution >= 4 is 23.2 Å². The van der Waals surface area contributed by atoms with Crippen LogP contribution in [-0.2, 0) is 16.0 Å². The molecule has 1 aliphatic heterocycles. The lowest BCUT2D eigenvalue weighted by Crippen LogP contribution is -2.22. The van der Waals surface area contributed by atoms with E-state index in [1.54, 1.807) is 6.20 Å². The highest BCUT2D eigenvalue weighted by atomic mass is 35.5. The van der Waals surface area contributed by atoms with Gasteiger partial charge >= 0.3 is 0 Å². The number of aromatic nitrogens is 2. The van der Waals surface area contributed by atoms with Crippen LogP contribution in [0, 0.1) is 5.92 Å². The SMILES string of the molecule is CCCCC(=O)Cc1cc(-c2cccc(NCC3CCOCC3)n2)c(Cl)cn1. The first-order valence-electron chi connectivity index (χ1n) is 10.1. The summed E-state index contributed by atoms with van der Waals surface area (Å²) >= 11 is 6.38. The molecule has 0 spiro atoms. The first-order valence-corrected chi connectivity index (χ1v) is 10.5. The smallest absolute Gasteiger partial charge is 0.138 e. The fraction of sp³-hybridized carbons (Fsp3) is 0.500. The second kappa shape index (κ2) is 10.5. The van der Waals surface area contributed by atoms with Crippen molar-refractivity contribution < 1.29 is 9.53 Å². The van der Waals surface area contributed by atoms with Gasteiger partial charge < -0.3 is 10.1 Å². The highest BCUT2D eigenvalue weighted by Gasteiger charge is 2.14.